The van der Waals surface area contributed by atoms with Crippen LogP contribution in [0, 0.1) is 11.3 Å². The number of ketones is 1. The van der Waals surface area contributed by atoms with Gasteiger partial charge < -0.3 is 9.64 Å². The molecule has 1 heterocycles. The van der Waals surface area contributed by atoms with Gasteiger partial charge in [-0.15, -0.1) is 0 Å². The Hall–Kier alpha value is -2.12. The van der Waals surface area contributed by atoms with Crippen LogP contribution in [0.3, 0.4) is 0 Å². The quantitative estimate of drug-likeness (QED) is 0.623. The lowest BCUT2D eigenvalue weighted by molar-refractivity contribution is 0.101. The molecule has 0 saturated carbocycles. The number of hydrogen-bond donors (Lipinski definition) is 0. The van der Waals surface area contributed by atoms with Crippen molar-refractivity contribution < 1.29 is 9.53 Å². The number of Topliss-reactive ketones (excluding diaryl/α,β-unsaturated/α-hetero) is 1. The van der Waals surface area contributed by atoms with E-state index in [1.165, 1.54) is 5.57 Å². The molecule has 0 fully saturated rings. The average Bonchev–Trinajstić information content (AvgIpc) is 2.47. The van der Waals surface area contributed by atoms with Crippen molar-refractivity contribution in [2.45, 2.75) is 13.3 Å². The Morgan fingerprint density at radius 1 is 1.50 bits per heavy atom. The Kier molecular flexibility index (Phi) is 4.54. The first-order valence-corrected chi connectivity index (χ1v) is 6.62. The highest BCUT2D eigenvalue weighted by atomic mass is 16.5. The fourth-order valence-electron chi connectivity index (χ4n) is 2.41. The molecule has 4 heteroatoms. The van der Waals surface area contributed by atoms with E-state index in [0.717, 1.165) is 25.2 Å². The SMILES string of the molecule is COCC1=CCN(c2cc(C#N)ccc2C(C)=O)CC1. The number of benzene rings is 1. The van der Waals surface area contributed by atoms with Crippen LogP contribution in [0.5, 0.6) is 0 Å². The predicted octanol–water partition coefficient (Wildman–Crippen LogP) is 2.54. The lowest BCUT2D eigenvalue weighted by Gasteiger charge is -2.29. The predicted molar refractivity (Wildman–Crippen MR) is 78.0 cm³/mol. The minimum atomic E-state index is 0.0242. The van der Waals surface area contributed by atoms with Crippen LogP contribution in [0.15, 0.2) is 29.8 Å². The first-order valence-electron chi connectivity index (χ1n) is 6.62. The van der Waals surface area contributed by atoms with Crippen molar-refractivity contribution in [2.24, 2.45) is 0 Å². The molecule has 0 saturated heterocycles. The Labute approximate surface area is 119 Å². The minimum Gasteiger partial charge on any atom is -0.380 e. The van der Waals surface area contributed by atoms with Crippen LogP contribution in [0.1, 0.15) is 29.3 Å². The molecule has 1 aromatic rings. The molecule has 1 aromatic carbocycles. The van der Waals surface area contributed by atoms with E-state index in [9.17, 15) is 4.79 Å². The van der Waals surface area contributed by atoms with Crippen molar-refractivity contribution >= 4 is 11.5 Å². The first kappa shape index (κ1) is 14.3. The molecule has 0 atom stereocenters. The zero-order valence-electron chi connectivity index (χ0n) is 11.8. The van der Waals surface area contributed by atoms with Gasteiger partial charge in [-0.1, -0.05) is 6.08 Å². The van der Waals surface area contributed by atoms with E-state index in [4.69, 9.17) is 10.00 Å². The summed E-state index contributed by atoms with van der Waals surface area (Å²) >= 11 is 0. The van der Waals surface area contributed by atoms with Gasteiger partial charge in [0.2, 0.25) is 0 Å². The summed E-state index contributed by atoms with van der Waals surface area (Å²) in [4.78, 5) is 13.9. The molecule has 0 amide bonds. The smallest absolute Gasteiger partial charge is 0.161 e. The molecule has 0 aliphatic carbocycles. The second kappa shape index (κ2) is 6.36. The molecule has 0 N–H and O–H groups in total. The van der Waals surface area contributed by atoms with Crippen molar-refractivity contribution in [3.63, 3.8) is 0 Å². The molecule has 2 rings (SSSR count). The van der Waals surface area contributed by atoms with Crippen molar-refractivity contribution in [3.05, 3.63) is 41.0 Å². The highest BCUT2D eigenvalue weighted by Gasteiger charge is 2.17. The van der Waals surface area contributed by atoms with Gasteiger partial charge in [0.1, 0.15) is 0 Å². The van der Waals surface area contributed by atoms with E-state index in [2.05, 4.69) is 17.0 Å². The Morgan fingerprint density at radius 3 is 2.85 bits per heavy atom. The highest BCUT2D eigenvalue weighted by molar-refractivity contribution is 6.00. The summed E-state index contributed by atoms with van der Waals surface area (Å²) in [5, 5.41) is 9.02. The number of methoxy groups -OCH3 is 1. The summed E-state index contributed by atoms with van der Waals surface area (Å²) in [5.74, 6) is 0.0242. The molecule has 0 unspecified atom stereocenters. The highest BCUT2D eigenvalue weighted by Crippen LogP contribution is 2.26. The third kappa shape index (κ3) is 3.06. The van der Waals surface area contributed by atoms with Gasteiger partial charge in [0.25, 0.3) is 0 Å². The van der Waals surface area contributed by atoms with Crippen molar-refractivity contribution in [1.29, 1.82) is 5.26 Å². The van der Waals surface area contributed by atoms with E-state index < -0.39 is 0 Å². The first-order chi connectivity index (χ1) is 9.65. The summed E-state index contributed by atoms with van der Waals surface area (Å²) in [5.41, 5.74) is 3.39. The van der Waals surface area contributed by atoms with E-state index >= 15 is 0 Å². The van der Waals surface area contributed by atoms with Gasteiger partial charge in [-0.3, -0.25) is 4.79 Å². The number of hydrogen-bond acceptors (Lipinski definition) is 4. The maximum atomic E-state index is 11.7. The van der Waals surface area contributed by atoms with Gasteiger partial charge >= 0.3 is 0 Å². The molecule has 0 bridgehead atoms. The van der Waals surface area contributed by atoms with Gasteiger partial charge in [0.05, 0.1) is 18.2 Å². The fraction of sp³-hybridized carbons (Fsp3) is 0.375. The summed E-state index contributed by atoms with van der Waals surface area (Å²) in [6.07, 6.45) is 3.05. The number of ether oxygens (including phenoxy) is 1. The number of anilines is 1. The topological polar surface area (TPSA) is 53.3 Å². The average molecular weight is 270 g/mol. The van der Waals surface area contributed by atoms with Gasteiger partial charge in [-0.25, -0.2) is 0 Å². The van der Waals surface area contributed by atoms with Crippen LogP contribution in [-0.4, -0.2) is 32.6 Å². The summed E-state index contributed by atoms with van der Waals surface area (Å²) in [7, 11) is 1.69. The number of carbonyl (C=O) groups excluding carboxylic acids is 1. The van der Waals surface area contributed by atoms with Crippen LogP contribution < -0.4 is 4.90 Å². The molecular formula is C16H18N2O2. The molecule has 20 heavy (non-hydrogen) atoms. The number of rotatable bonds is 4. The second-order valence-corrected chi connectivity index (χ2v) is 4.89. The van der Waals surface area contributed by atoms with E-state index in [-0.39, 0.29) is 5.78 Å². The molecular weight excluding hydrogens is 252 g/mol. The summed E-state index contributed by atoms with van der Waals surface area (Å²) < 4.78 is 5.14. The van der Waals surface area contributed by atoms with Crippen LogP contribution in [0.2, 0.25) is 0 Å². The molecule has 1 aliphatic heterocycles. The Bertz CT molecular complexity index is 585. The standard InChI is InChI=1S/C16H18N2O2/c1-12(19)15-4-3-14(10-17)9-16(15)18-7-5-13(6-8-18)11-20-2/h3-5,9H,6-8,11H2,1-2H3. The summed E-state index contributed by atoms with van der Waals surface area (Å²) in [6, 6.07) is 7.36. The van der Waals surface area contributed by atoms with Crippen molar-refractivity contribution in [3.8, 4) is 6.07 Å². The van der Waals surface area contributed by atoms with Crippen molar-refractivity contribution in [2.75, 3.05) is 31.7 Å². The largest absolute Gasteiger partial charge is 0.380 e. The number of nitrogens with zero attached hydrogens (tertiary/aromatic N) is 2. The molecule has 1 aliphatic rings. The van der Waals surface area contributed by atoms with Gasteiger partial charge in [-0.05, 0) is 37.1 Å². The molecule has 4 nitrogen and oxygen atoms in total. The van der Waals surface area contributed by atoms with Crippen LogP contribution in [0.4, 0.5) is 5.69 Å². The van der Waals surface area contributed by atoms with Crippen molar-refractivity contribution in [1.82, 2.24) is 0 Å². The van der Waals surface area contributed by atoms with Gasteiger partial charge in [0, 0.05) is 31.5 Å². The third-order valence-electron chi connectivity index (χ3n) is 3.48. The number of nitriles is 1. The monoisotopic (exact) mass is 270 g/mol. The Balaban J connectivity index is 2.29. The van der Waals surface area contributed by atoms with E-state index in [1.807, 2.05) is 0 Å². The van der Waals surface area contributed by atoms with Crippen LogP contribution in [0.25, 0.3) is 0 Å². The lowest BCUT2D eigenvalue weighted by Crippen LogP contribution is -2.30. The third-order valence-corrected chi connectivity index (χ3v) is 3.48. The lowest BCUT2D eigenvalue weighted by atomic mass is 10.0. The van der Waals surface area contributed by atoms with Crippen LogP contribution >= 0.6 is 0 Å². The normalized spacial score (nSPS) is 14.7. The van der Waals surface area contributed by atoms with E-state index in [0.29, 0.717) is 17.7 Å². The molecule has 0 aromatic heterocycles. The Morgan fingerprint density at radius 2 is 2.30 bits per heavy atom. The second-order valence-electron chi connectivity index (χ2n) is 4.89. The zero-order chi connectivity index (χ0) is 14.5. The molecule has 0 spiro atoms. The minimum absolute atomic E-state index is 0.0242. The summed E-state index contributed by atoms with van der Waals surface area (Å²) in [6.45, 7) is 3.80. The maximum absolute atomic E-state index is 11.7. The van der Waals surface area contributed by atoms with Gasteiger partial charge in [-0.2, -0.15) is 5.26 Å². The van der Waals surface area contributed by atoms with Gasteiger partial charge in [0.15, 0.2) is 5.78 Å². The zero-order valence-corrected chi connectivity index (χ0v) is 11.8. The molecule has 0 radical (unpaired) electrons. The maximum Gasteiger partial charge on any atom is 0.161 e. The van der Waals surface area contributed by atoms with Crippen LogP contribution in [-0.2, 0) is 4.74 Å². The molecule has 104 valence electrons. The number of carbonyl (C=O) groups is 1. The van der Waals surface area contributed by atoms with E-state index in [1.54, 1.807) is 32.2 Å². The fourth-order valence-corrected chi connectivity index (χ4v) is 2.41.